The van der Waals surface area contributed by atoms with Crippen LogP contribution in [0.5, 0.6) is 0 Å². The molecule has 10 heteroatoms. The van der Waals surface area contributed by atoms with Crippen molar-refractivity contribution in [3.8, 4) is 28.8 Å². The minimum Gasteiger partial charge on any atom is -0.460 e. The summed E-state index contributed by atoms with van der Waals surface area (Å²) < 4.78 is 22.4. The molecule has 5 aromatic rings. The molecular formula is C27H25N7O2S. The molecule has 0 N–H and O–H groups in total. The van der Waals surface area contributed by atoms with Crippen LogP contribution in [-0.2, 0) is 17.5 Å². The number of rotatable bonds is 7. The number of hydrogen-bond donors (Lipinski definition) is 0. The van der Waals surface area contributed by atoms with Gasteiger partial charge in [-0.05, 0) is 50.1 Å². The summed E-state index contributed by atoms with van der Waals surface area (Å²) in [5, 5.41) is 14.9. The summed E-state index contributed by atoms with van der Waals surface area (Å²) in [7, 11) is -1.49. The Kier molecular flexibility index (Phi) is 6.54. The summed E-state index contributed by atoms with van der Waals surface area (Å²) in [6, 6.07) is 13.6. The minimum atomic E-state index is -1.49. The molecular weight excluding hydrogens is 486 g/mol. The van der Waals surface area contributed by atoms with Crippen LogP contribution in [0.2, 0.25) is 0 Å². The highest BCUT2D eigenvalue weighted by Gasteiger charge is 2.28. The van der Waals surface area contributed by atoms with Crippen molar-refractivity contribution < 1.29 is 8.63 Å². The first-order valence-corrected chi connectivity index (χ1v) is 13.2. The molecule has 0 amide bonds. The molecule has 1 atom stereocenters. The van der Waals surface area contributed by atoms with Gasteiger partial charge < -0.3 is 4.42 Å². The third kappa shape index (κ3) is 4.49. The molecule has 186 valence electrons. The zero-order valence-electron chi connectivity index (χ0n) is 20.9. The van der Waals surface area contributed by atoms with Gasteiger partial charge in [-0.1, -0.05) is 12.1 Å². The van der Waals surface area contributed by atoms with Gasteiger partial charge in [-0.3, -0.25) is 19.0 Å². The highest BCUT2D eigenvalue weighted by Crippen LogP contribution is 2.39. The zero-order valence-corrected chi connectivity index (χ0v) is 21.7. The fourth-order valence-corrected chi connectivity index (χ4v) is 5.03. The zero-order chi connectivity index (χ0) is 26.1. The smallest absolute Gasteiger partial charge is 0.177 e. The Bertz CT molecular complexity index is 1630. The van der Waals surface area contributed by atoms with Gasteiger partial charge in [0.1, 0.15) is 39.5 Å². The van der Waals surface area contributed by atoms with Crippen LogP contribution >= 0.6 is 0 Å². The maximum atomic E-state index is 13.1. The fourth-order valence-electron chi connectivity index (χ4n) is 4.27. The van der Waals surface area contributed by atoms with Crippen molar-refractivity contribution in [3.63, 3.8) is 0 Å². The number of aryl methyl sites for hydroxylation is 1. The van der Waals surface area contributed by atoms with Crippen molar-refractivity contribution in [2.75, 3.05) is 10.6 Å². The lowest BCUT2D eigenvalue weighted by Crippen LogP contribution is -2.26. The van der Waals surface area contributed by atoms with E-state index in [4.69, 9.17) is 9.40 Å². The number of aromatic nitrogens is 5. The summed E-state index contributed by atoms with van der Waals surface area (Å²) in [4.78, 5) is 13.7. The lowest BCUT2D eigenvalue weighted by Gasteiger charge is -2.24. The van der Waals surface area contributed by atoms with Gasteiger partial charge >= 0.3 is 0 Å². The van der Waals surface area contributed by atoms with Gasteiger partial charge in [-0.15, -0.1) is 0 Å². The van der Waals surface area contributed by atoms with Gasteiger partial charge in [-0.2, -0.15) is 10.4 Å². The van der Waals surface area contributed by atoms with Crippen molar-refractivity contribution in [2.24, 2.45) is 0 Å². The second kappa shape index (κ2) is 9.95. The predicted molar refractivity (Wildman–Crippen MR) is 143 cm³/mol. The van der Waals surface area contributed by atoms with Crippen LogP contribution in [0.15, 0.2) is 65.7 Å². The molecule has 0 radical (unpaired) electrons. The Balaban J connectivity index is 1.64. The Labute approximate surface area is 217 Å². The van der Waals surface area contributed by atoms with E-state index in [2.05, 4.69) is 21.1 Å². The van der Waals surface area contributed by atoms with Gasteiger partial charge in [0.25, 0.3) is 0 Å². The van der Waals surface area contributed by atoms with Crippen molar-refractivity contribution in [2.45, 2.75) is 33.4 Å². The third-order valence-electron chi connectivity index (χ3n) is 6.01. The van der Waals surface area contributed by atoms with E-state index in [1.54, 1.807) is 35.2 Å². The number of hydrogen-bond acceptors (Lipinski definition) is 7. The highest BCUT2D eigenvalue weighted by atomic mass is 32.2. The molecule has 0 spiro atoms. The first-order chi connectivity index (χ1) is 17.9. The molecule has 5 rings (SSSR count). The Hall–Kier alpha value is -4.36. The molecule has 0 aliphatic rings. The number of furan rings is 1. The lowest BCUT2D eigenvalue weighted by atomic mass is 10.1. The van der Waals surface area contributed by atoms with E-state index < -0.39 is 11.0 Å². The van der Waals surface area contributed by atoms with E-state index in [-0.39, 0.29) is 18.2 Å². The van der Waals surface area contributed by atoms with E-state index in [0.29, 0.717) is 22.5 Å². The van der Waals surface area contributed by atoms with Crippen molar-refractivity contribution in [3.05, 3.63) is 77.9 Å². The van der Waals surface area contributed by atoms with Gasteiger partial charge in [0.15, 0.2) is 5.58 Å². The number of fused-ring (bicyclic) bond motifs is 1. The maximum absolute atomic E-state index is 13.1. The monoisotopic (exact) mass is 511 g/mol. The summed E-state index contributed by atoms with van der Waals surface area (Å²) >= 11 is 0. The summed E-state index contributed by atoms with van der Waals surface area (Å²) in [5.41, 5.74) is 6.13. The molecule has 1 unspecified atom stereocenters. The average molecular weight is 512 g/mol. The molecule has 0 fully saturated rings. The third-order valence-corrected chi connectivity index (χ3v) is 6.94. The number of nitrogens with zero attached hydrogens (tertiary/aromatic N) is 7. The number of nitriles is 1. The van der Waals surface area contributed by atoms with Crippen molar-refractivity contribution in [1.29, 1.82) is 5.26 Å². The second-order valence-corrected chi connectivity index (χ2v) is 10.2. The molecule has 5 aromatic heterocycles. The molecule has 0 aliphatic heterocycles. The minimum absolute atomic E-state index is 0.0562. The summed E-state index contributed by atoms with van der Waals surface area (Å²) in [6.07, 6.45) is 8.32. The average Bonchev–Trinajstić information content (AvgIpc) is 3.53. The summed E-state index contributed by atoms with van der Waals surface area (Å²) in [6.45, 7) is 6.23. The van der Waals surface area contributed by atoms with Crippen molar-refractivity contribution >= 4 is 27.8 Å². The quantitative estimate of drug-likeness (QED) is 0.295. The second-order valence-electron chi connectivity index (χ2n) is 8.87. The maximum Gasteiger partial charge on any atom is 0.177 e. The molecule has 0 saturated carbocycles. The van der Waals surface area contributed by atoms with Crippen LogP contribution in [0.4, 0.5) is 5.69 Å². The fraction of sp³-hybridized carbons (Fsp3) is 0.222. The van der Waals surface area contributed by atoms with Gasteiger partial charge in [0.2, 0.25) is 0 Å². The lowest BCUT2D eigenvalue weighted by molar-refractivity contribution is 0.537. The van der Waals surface area contributed by atoms with Crippen LogP contribution in [0.1, 0.15) is 36.6 Å². The topological polar surface area (TPSA) is 114 Å². The van der Waals surface area contributed by atoms with Crippen LogP contribution in [0.3, 0.4) is 0 Å². The standard InChI is InChI=1S/C27H25N7O2S/c1-17(2)34-25(18(3)14-31-34)24-20(13-28)26(27-23(32-24)10-12-36-27)33(37(4)35)16-19-8-9-22(30-15-19)21-7-5-6-11-29-21/h5-12,14-15,17H,16H2,1-4H3. The molecule has 0 aliphatic carbocycles. The first-order valence-electron chi connectivity index (χ1n) is 11.7. The Morgan fingerprint density at radius 2 is 1.95 bits per heavy atom. The Morgan fingerprint density at radius 1 is 1.14 bits per heavy atom. The summed E-state index contributed by atoms with van der Waals surface area (Å²) in [5.74, 6) is 0. The van der Waals surface area contributed by atoms with E-state index >= 15 is 0 Å². The molecule has 37 heavy (non-hydrogen) atoms. The number of pyridine rings is 3. The molecule has 0 saturated heterocycles. The molecule has 5 heterocycles. The SMILES string of the molecule is Cc1cnn(C(C)C)c1-c1nc2ccoc2c(N(Cc2ccc(-c3ccccn3)nc2)S(C)=O)c1C#N. The highest BCUT2D eigenvalue weighted by molar-refractivity contribution is 7.85. The van der Waals surface area contributed by atoms with E-state index in [9.17, 15) is 9.47 Å². The van der Waals surface area contributed by atoms with Crippen LogP contribution in [0.25, 0.3) is 33.9 Å². The van der Waals surface area contributed by atoms with Crippen molar-refractivity contribution in [1.82, 2.24) is 24.7 Å². The molecule has 0 aromatic carbocycles. The van der Waals surface area contributed by atoms with E-state index in [1.165, 1.54) is 6.26 Å². The van der Waals surface area contributed by atoms with Crippen LogP contribution in [0, 0.1) is 18.3 Å². The predicted octanol–water partition coefficient (Wildman–Crippen LogP) is 5.21. The Morgan fingerprint density at radius 3 is 2.59 bits per heavy atom. The van der Waals surface area contributed by atoms with Crippen LogP contribution in [-0.4, -0.2) is 35.2 Å². The van der Waals surface area contributed by atoms with E-state index in [1.807, 2.05) is 55.8 Å². The van der Waals surface area contributed by atoms with Gasteiger partial charge in [0, 0.05) is 30.8 Å². The first kappa shape index (κ1) is 24.3. The van der Waals surface area contributed by atoms with Gasteiger partial charge in [0.05, 0.1) is 36.1 Å². The molecule has 0 bridgehead atoms. The normalized spacial score (nSPS) is 12.1. The number of anilines is 1. The van der Waals surface area contributed by atoms with Gasteiger partial charge in [-0.25, -0.2) is 9.19 Å². The van der Waals surface area contributed by atoms with Crippen LogP contribution < -0.4 is 4.31 Å². The molecule has 9 nitrogen and oxygen atoms in total. The largest absolute Gasteiger partial charge is 0.460 e. The van der Waals surface area contributed by atoms with E-state index in [0.717, 1.165) is 28.2 Å².